The molecule has 0 aliphatic carbocycles. The minimum Gasteiger partial charge on any atom is -0.427 e. The van der Waals surface area contributed by atoms with Gasteiger partial charge in [0.2, 0.25) is 5.91 Å². The molecule has 0 fully saturated rings. The van der Waals surface area contributed by atoms with Crippen molar-refractivity contribution in [2.75, 3.05) is 0 Å². The number of aryl methyl sites for hydroxylation is 3. The zero-order valence-corrected chi connectivity index (χ0v) is 20.3. The van der Waals surface area contributed by atoms with Gasteiger partial charge in [-0.1, -0.05) is 59.6 Å². The normalized spacial score (nSPS) is 11.2. The summed E-state index contributed by atoms with van der Waals surface area (Å²) in [7, 11) is 0. The largest absolute Gasteiger partial charge is 0.427 e. The molecule has 0 radical (unpaired) electrons. The smallest absolute Gasteiger partial charge is 0.308 e. The Hall–Kier alpha value is -3.90. The Morgan fingerprint density at radius 1 is 1.06 bits per heavy atom. The SMILES string of the molecule is Cc1ccc(C)c(CNC(=O)CCc2oc(-n3cnc4ccccc43)nc2-c2ccc(Cl)cc2)c1. The number of rotatable bonds is 7. The van der Waals surface area contributed by atoms with Crippen molar-refractivity contribution in [3.8, 4) is 17.3 Å². The number of carbonyl (C=O) groups is 1. The Labute approximate surface area is 208 Å². The number of fused-ring (bicyclic) bond motifs is 1. The third-order valence-electron chi connectivity index (χ3n) is 6.02. The highest BCUT2D eigenvalue weighted by Gasteiger charge is 2.19. The van der Waals surface area contributed by atoms with Gasteiger partial charge in [0.1, 0.15) is 17.8 Å². The summed E-state index contributed by atoms with van der Waals surface area (Å²) in [4.78, 5) is 21.9. The standard InChI is InChI=1S/C28H25ClN4O2/c1-18-7-8-19(2)21(15-18)16-30-26(34)14-13-25-27(20-9-11-22(29)12-10-20)32-28(35-25)33-17-31-23-5-3-4-6-24(23)33/h3-12,15,17H,13-14,16H2,1-2H3,(H,30,34). The van der Waals surface area contributed by atoms with Crippen LogP contribution in [0, 0.1) is 13.8 Å². The summed E-state index contributed by atoms with van der Waals surface area (Å²) in [5.74, 6) is 0.598. The summed E-state index contributed by atoms with van der Waals surface area (Å²) in [6.07, 6.45) is 2.39. The second-order valence-electron chi connectivity index (χ2n) is 8.59. The minimum atomic E-state index is -0.0426. The van der Waals surface area contributed by atoms with Gasteiger partial charge >= 0.3 is 6.01 Å². The maximum absolute atomic E-state index is 12.7. The maximum Gasteiger partial charge on any atom is 0.308 e. The van der Waals surface area contributed by atoms with E-state index in [0.717, 1.165) is 27.7 Å². The van der Waals surface area contributed by atoms with Crippen molar-refractivity contribution < 1.29 is 9.21 Å². The monoisotopic (exact) mass is 484 g/mol. The lowest BCUT2D eigenvalue weighted by molar-refractivity contribution is -0.121. The maximum atomic E-state index is 12.7. The average molecular weight is 485 g/mol. The molecule has 0 unspecified atom stereocenters. The first-order valence-electron chi connectivity index (χ1n) is 11.5. The van der Waals surface area contributed by atoms with E-state index in [0.29, 0.717) is 35.5 Å². The average Bonchev–Trinajstić information content (AvgIpc) is 3.48. The number of halogens is 1. The molecule has 2 heterocycles. The van der Waals surface area contributed by atoms with Crippen LogP contribution < -0.4 is 5.32 Å². The van der Waals surface area contributed by atoms with Gasteiger partial charge in [0.15, 0.2) is 0 Å². The van der Waals surface area contributed by atoms with Gasteiger partial charge < -0.3 is 9.73 Å². The molecule has 5 aromatic rings. The van der Waals surface area contributed by atoms with Crippen LogP contribution in [-0.4, -0.2) is 20.4 Å². The zero-order chi connectivity index (χ0) is 24.4. The third-order valence-corrected chi connectivity index (χ3v) is 6.28. The number of oxazole rings is 1. The van der Waals surface area contributed by atoms with E-state index in [1.54, 1.807) is 6.33 Å². The summed E-state index contributed by atoms with van der Waals surface area (Å²) in [6.45, 7) is 4.60. The molecular formula is C28H25ClN4O2. The lowest BCUT2D eigenvalue weighted by Gasteiger charge is -2.09. The summed E-state index contributed by atoms with van der Waals surface area (Å²) < 4.78 is 8.02. The molecule has 176 valence electrons. The predicted molar refractivity (Wildman–Crippen MR) is 138 cm³/mol. The van der Waals surface area contributed by atoms with Gasteiger partial charge in [0.05, 0.1) is 11.0 Å². The number of aromatic nitrogens is 3. The van der Waals surface area contributed by atoms with Crippen molar-refractivity contribution in [2.24, 2.45) is 0 Å². The van der Waals surface area contributed by atoms with E-state index in [2.05, 4.69) is 35.4 Å². The van der Waals surface area contributed by atoms with Crippen molar-refractivity contribution in [2.45, 2.75) is 33.2 Å². The van der Waals surface area contributed by atoms with E-state index in [-0.39, 0.29) is 12.3 Å². The van der Waals surface area contributed by atoms with Gasteiger partial charge in [0, 0.05) is 30.0 Å². The molecule has 5 rings (SSSR count). The predicted octanol–water partition coefficient (Wildman–Crippen LogP) is 6.20. The van der Waals surface area contributed by atoms with Crippen LogP contribution in [0.3, 0.4) is 0 Å². The Morgan fingerprint density at radius 3 is 2.69 bits per heavy atom. The highest BCUT2D eigenvalue weighted by Crippen LogP contribution is 2.29. The first-order valence-corrected chi connectivity index (χ1v) is 11.9. The molecule has 6 nitrogen and oxygen atoms in total. The molecule has 0 aliphatic heterocycles. The quantitative estimate of drug-likeness (QED) is 0.298. The van der Waals surface area contributed by atoms with Crippen LogP contribution in [0.25, 0.3) is 28.3 Å². The Morgan fingerprint density at radius 2 is 1.86 bits per heavy atom. The van der Waals surface area contributed by atoms with Crippen LogP contribution in [-0.2, 0) is 17.8 Å². The lowest BCUT2D eigenvalue weighted by Crippen LogP contribution is -2.23. The van der Waals surface area contributed by atoms with E-state index in [1.165, 1.54) is 5.56 Å². The molecule has 3 aromatic carbocycles. The number of nitrogens with one attached hydrogen (secondary N) is 1. The summed E-state index contributed by atoms with van der Waals surface area (Å²) in [5, 5.41) is 3.67. The molecule has 35 heavy (non-hydrogen) atoms. The molecule has 0 bridgehead atoms. The second kappa shape index (κ2) is 9.76. The first kappa shape index (κ1) is 22.9. The van der Waals surface area contributed by atoms with E-state index in [1.807, 2.05) is 60.0 Å². The Kier molecular flexibility index (Phi) is 6.38. The molecule has 7 heteroatoms. The number of imidazole rings is 1. The Balaban J connectivity index is 1.38. The highest BCUT2D eigenvalue weighted by molar-refractivity contribution is 6.30. The number of para-hydroxylation sites is 2. The summed E-state index contributed by atoms with van der Waals surface area (Å²) >= 11 is 6.09. The van der Waals surface area contributed by atoms with Gasteiger partial charge in [-0.05, 0) is 49.2 Å². The van der Waals surface area contributed by atoms with E-state index < -0.39 is 0 Å². The van der Waals surface area contributed by atoms with Crippen molar-refractivity contribution in [3.05, 3.63) is 101 Å². The molecular weight excluding hydrogens is 460 g/mol. The fourth-order valence-corrected chi connectivity index (χ4v) is 4.18. The van der Waals surface area contributed by atoms with Crippen molar-refractivity contribution in [1.29, 1.82) is 0 Å². The molecule has 0 aliphatic rings. The fraction of sp³-hybridized carbons (Fsp3) is 0.179. The number of amides is 1. The van der Waals surface area contributed by atoms with E-state index >= 15 is 0 Å². The van der Waals surface area contributed by atoms with Crippen LogP contribution >= 0.6 is 11.6 Å². The van der Waals surface area contributed by atoms with Gasteiger partial charge in [-0.15, -0.1) is 0 Å². The van der Waals surface area contributed by atoms with E-state index in [4.69, 9.17) is 21.0 Å². The van der Waals surface area contributed by atoms with Crippen molar-refractivity contribution >= 4 is 28.5 Å². The van der Waals surface area contributed by atoms with Crippen molar-refractivity contribution in [3.63, 3.8) is 0 Å². The lowest BCUT2D eigenvalue weighted by atomic mass is 10.1. The third kappa shape index (κ3) is 4.98. The topological polar surface area (TPSA) is 73.0 Å². The molecule has 2 aromatic heterocycles. The second-order valence-corrected chi connectivity index (χ2v) is 9.02. The van der Waals surface area contributed by atoms with Crippen LogP contribution in [0.5, 0.6) is 0 Å². The van der Waals surface area contributed by atoms with Gasteiger partial charge in [-0.25, -0.2) is 4.98 Å². The number of hydrogen-bond acceptors (Lipinski definition) is 4. The first-order chi connectivity index (χ1) is 17.0. The molecule has 1 amide bonds. The van der Waals surface area contributed by atoms with Crippen LogP contribution in [0.1, 0.15) is 28.9 Å². The van der Waals surface area contributed by atoms with E-state index in [9.17, 15) is 4.79 Å². The highest BCUT2D eigenvalue weighted by atomic mass is 35.5. The molecule has 0 saturated carbocycles. The minimum absolute atomic E-state index is 0.0426. The zero-order valence-electron chi connectivity index (χ0n) is 19.6. The Bertz CT molecular complexity index is 1500. The van der Waals surface area contributed by atoms with Crippen molar-refractivity contribution in [1.82, 2.24) is 19.9 Å². The molecule has 0 atom stereocenters. The molecule has 0 saturated heterocycles. The van der Waals surface area contributed by atoms with Crippen LogP contribution in [0.2, 0.25) is 5.02 Å². The summed E-state index contributed by atoms with van der Waals surface area (Å²) in [5.41, 5.74) is 6.77. The van der Waals surface area contributed by atoms with Gasteiger partial charge in [-0.3, -0.25) is 9.36 Å². The molecule has 1 N–H and O–H groups in total. The van der Waals surface area contributed by atoms with Crippen LogP contribution in [0.15, 0.2) is 77.5 Å². The number of carbonyl (C=O) groups excluding carboxylic acids is 1. The molecule has 0 spiro atoms. The number of hydrogen-bond donors (Lipinski definition) is 1. The number of nitrogens with zero attached hydrogens (tertiary/aromatic N) is 3. The van der Waals surface area contributed by atoms with Crippen LogP contribution in [0.4, 0.5) is 0 Å². The van der Waals surface area contributed by atoms with Gasteiger partial charge in [0.25, 0.3) is 0 Å². The summed E-state index contributed by atoms with van der Waals surface area (Å²) in [6, 6.07) is 21.9. The van der Waals surface area contributed by atoms with Gasteiger partial charge in [-0.2, -0.15) is 4.98 Å². The fourth-order valence-electron chi connectivity index (χ4n) is 4.06. The number of benzene rings is 3.